The number of fused-ring (bicyclic) bond motifs is 1. The van der Waals surface area contributed by atoms with Crippen molar-refractivity contribution in [2.45, 2.75) is 29.3 Å². The molecule has 0 spiro atoms. The molecule has 0 bridgehead atoms. The summed E-state index contributed by atoms with van der Waals surface area (Å²) in [5.41, 5.74) is -4.23. The summed E-state index contributed by atoms with van der Waals surface area (Å²) < 4.78 is 24.4. The van der Waals surface area contributed by atoms with Crippen molar-refractivity contribution in [3.05, 3.63) is 46.9 Å². The van der Waals surface area contributed by atoms with E-state index in [1.54, 1.807) is 0 Å². The van der Waals surface area contributed by atoms with E-state index in [0.717, 1.165) is 29.4 Å². The van der Waals surface area contributed by atoms with Crippen LogP contribution in [0, 0.1) is 5.82 Å². The number of aromatic nitrogens is 2. The third-order valence-electron chi connectivity index (χ3n) is 6.00. The van der Waals surface area contributed by atoms with Crippen molar-refractivity contribution >= 4 is 38.3 Å². The molecule has 11 N–H and O–H groups in total. The standard InChI is InChI=1S/C22H24BrFN4O12/c1-28-7-18(29,30)20(33,19(31,32)8-28)21(34,35)39-16-6-14-11(5-15(16)40-22(36,37)38)17(26-9-25-14)27-13-3-2-10(23)4-12(13)24/h2-6,9,29-38H,7-8H2,1H3,(H,25,26,27). The number of anilines is 2. The maximum atomic E-state index is 14.4. The first kappa shape index (κ1) is 30.1. The Labute approximate surface area is 231 Å². The quantitative estimate of drug-likeness (QED) is 0.118. The number of nitrogens with one attached hydrogen (secondary N) is 1. The Bertz CT molecular complexity index is 1420. The van der Waals surface area contributed by atoms with Gasteiger partial charge in [-0.25, -0.2) is 14.4 Å². The zero-order chi connectivity index (χ0) is 29.9. The summed E-state index contributed by atoms with van der Waals surface area (Å²) in [6, 6.07) is 5.74. The lowest BCUT2D eigenvalue weighted by atomic mass is 9.77. The number of aliphatic hydroxyl groups is 10. The zero-order valence-electron chi connectivity index (χ0n) is 20.3. The van der Waals surface area contributed by atoms with E-state index in [2.05, 4.69) is 36.0 Å². The van der Waals surface area contributed by atoms with E-state index in [1.165, 1.54) is 19.2 Å². The molecule has 1 fully saturated rings. The van der Waals surface area contributed by atoms with Crippen LogP contribution in [0.1, 0.15) is 0 Å². The fraction of sp³-hybridized carbons (Fsp3) is 0.364. The lowest BCUT2D eigenvalue weighted by Crippen LogP contribution is -2.86. The highest BCUT2D eigenvalue weighted by Gasteiger charge is 2.77. The number of likely N-dealkylation sites (tertiary alicyclic amines) is 1. The smallest absolute Gasteiger partial charge is 0.433 e. The maximum absolute atomic E-state index is 14.4. The molecule has 0 atom stereocenters. The van der Waals surface area contributed by atoms with Crippen molar-refractivity contribution < 1.29 is 64.9 Å². The molecule has 0 unspecified atom stereocenters. The molecule has 18 heteroatoms. The normalized spacial score (nSPS) is 18.9. The monoisotopic (exact) mass is 634 g/mol. The first-order valence-corrected chi connectivity index (χ1v) is 11.9. The fourth-order valence-corrected chi connectivity index (χ4v) is 4.63. The summed E-state index contributed by atoms with van der Waals surface area (Å²) in [7, 11) is 1.20. The summed E-state index contributed by atoms with van der Waals surface area (Å²) in [6.07, 6.45) is -2.91. The van der Waals surface area contributed by atoms with E-state index in [1.807, 2.05) is 0 Å². The van der Waals surface area contributed by atoms with Gasteiger partial charge in [-0.05, 0) is 31.3 Å². The van der Waals surface area contributed by atoms with Gasteiger partial charge in [0.2, 0.25) is 11.6 Å². The molecule has 1 aromatic heterocycles. The second-order valence-electron chi connectivity index (χ2n) is 9.19. The molecule has 40 heavy (non-hydrogen) atoms. The maximum Gasteiger partial charge on any atom is 0.453 e. The average molecular weight is 635 g/mol. The largest absolute Gasteiger partial charge is 0.453 e. The van der Waals surface area contributed by atoms with Crippen LogP contribution in [-0.2, 0) is 0 Å². The van der Waals surface area contributed by atoms with Gasteiger partial charge >= 0.3 is 12.1 Å². The molecule has 1 aliphatic heterocycles. The molecule has 218 valence electrons. The number of nitrogens with zero attached hydrogens (tertiary/aromatic N) is 3. The van der Waals surface area contributed by atoms with Gasteiger partial charge < -0.3 is 65.9 Å². The topological polar surface area (TPSA) is 262 Å². The number of hydrogen-bond acceptors (Lipinski definition) is 16. The number of hydrogen-bond donors (Lipinski definition) is 11. The number of halogens is 2. The van der Waals surface area contributed by atoms with Crippen LogP contribution in [0.3, 0.4) is 0 Å². The van der Waals surface area contributed by atoms with Crippen LogP contribution in [-0.4, -0.2) is 115 Å². The lowest BCUT2D eigenvalue weighted by molar-refractivity contribution is -0.508. The predicted molar refractivity (Wildman–Crippen MR) is 132 cm³/mol. The Hall–Kier alpha value is -2.85. The second kappa shape index (κ2) is 9.91. The molecule has 0 radical (unpaired) electrons. The molecule has 0 saturated carbocycles. The van der Waals surface area contributed by atoms with Crippen LogP contribution in [0.2, 0.25) is 0 Å². The Balaban J connectivity index is 1.83. The van der Waals surface area contributed by atoms with Gasteiger partial charge in [0.1, 0.15) is 18.0 Å². The molecule has 0 amide bonds. The van der Waals surface area contributed by atoms with Gasteiger partial charge in [0.15, 0.2) is 11.5 Å². The second-order valence-corrected chi connectivity index (χ2v) is 10.1. The molecule has 1 aliphatic rings. The van der Waals surface area contributed by atoms with Gasteiger partial charge in [0.25, 0.3) is 5.60 Å². The SMILES string of the molecule is CN1CC(O)(O)C(O)(C(O)(O)Oc2cc3ncnc(Nc4ccc(Br)cc4F)c3cc2OC(O)(O)O)C(O)(O)C1. The highest BCUT2D eigenvalue weighted by molar-refractivity contribution is 9.10. The highest BCUT2D eigenvalue weighted by Crippen LogP contribution is 2.45. The average Bonchev–Trinajstić information content (AvgIpc) is 2.78. The minimum Gasteiger partial charge on any atom is -0.433 e. The Kier molecular flexibility index (Phi) is 7.46. The van der Waals surface area contributed by atoms with Gasteiger partial charge in [0.05, 0.1) is 24.3 Å². The van der Waals surface area contributed by atoms with E-state index >= 15 is 0 Å². The zero-order valence-corrected chi connectivity index (χ0v) is 21.9. The van der Waals surface area contributed by atoms with Gasteiger partial charge in [-0.15, -0.1) is 0 Å². The van der Waals surface area contributed by atoms with Gasteiger partial charge in [0, 0.05) is 15.9 Å². The molecular formula is C22H24BrFN4O12. The van der Waals surface area contributed by atoms with Gasteiger partial charge in [-0.2, -0.15) is 0 Å². The van der Waals surface area contributed by atoms with Crippen LogP contribution < -0.4 is 14.8 Å². The summed E-state index contributed by atoms with van der Waals surface area (Å²) in [5.74, 6) is -14.2. The number of piperidine rings is 1. The molecular weight excluding hydrogens is 611 g/mol. The fourth-order valence-electron chi connectivity index (χ4n) is 4.30. The Morgan fingerprint density at radius 1 is 0.925 bits per heavy atom. The van der Waals surface area contributed by atoms with Gasteiger partial charge in [-0.1, -0.05) is 15.9 Å². The van der Waals surface area contributed by atoms with Crippen molar-refractivity contribution in [1.29, 1.82) is 0 Å². The van der Waals surface area contributed by atoms with E-state index < -0.39 is 59.7 Å². The van der Waals surface area contributed by atoms with Crippen LogP contribution in [0.5, 0.6) is 11.5 Å². The molecule has 2 heterocycles. The molecule has 2 aromatic carbocycles. The number of β-amino-alcohol motifs (C(OH)–C–C–N with tert-alkyl or cyclic N) is 4. The molecule has 3 aromatic rings. The van der Waals surface area contributed by atoms with Crippen molar-refractivity contribution in [3.63, 3.8) is 0 Å². The van der Waals surface area contributed by atoms with Crippen LogP contribution >= 0.6 is 15.9 Å². The van der Waals surface area contributed by atoms with E-state index in [-0.39, 0.29) is 22.4 Å². The Morgan fingerprint density at radius 2 is 1.52 bits per heavy atom. The summed E-state index contributed by atoms with van der Waals surface area (Å²) >= 11 is 3.12. The summed E-state index contributed by atoms with van der Waals surface area (Å²) in [6.45, 7) is -1.86. The summed E-state index contributed by atoms with van der Waals surface area (Å²) in [4.78, 5) is 8.85. The van der Waals surface area contributed by atoms with Crippen molar-refractivity contribution in [2.24, 2.45) is 0 Å². The van der Waals surface area contributed by atoms with Crippen molar-refractivity contribution in [3.8, 4) is 11.5 Å². The molecule has 1 saturated heterocycles. The van der Waals surface area contributed by atoms with Gasteiger partial charge in [-0.3, -0.25) is 4.90 Å². The Morgan fingerprint density at radius 3 is 2.10 bits per heavy atom. The van der Waals surface area contributed by atoms with Crippen LogP contribution in [0.15, 0.2) is 41.1 Å². The molecule has 16 nitrogen and oxygen atoms in total. The lowest BCUT2D eigenvalue weighted by Gasteiger charge is -2.55. The molecule has 0 aliphatic carbocycles. The minimum atomic E-state index is -4.26. The van der Waals surface area contributed by atoms with E-state index in [0.29, 0.717) is 4.47 Å². The van der Waals surface area contributed by atoms with Crippen molar-refractivity contribution in [1.82, 2.24) is 14.9 Å². The third kappa shape index (κ3) is 5.40. The van der Waals surface area contributed by atoms with E-state index in [4.69, 9.17) is 4.74 Å². The number of ether oxygens (including phenoxy) is 2. The van der Waals surface area contributed by atoms with Crippen molar-refractivity contribution in [2.75, 3.05) is 25.5 Å². The van der Waals surface area contributed by atoms with Crippen LogP contribution in [0.25, 0.3) is 10.9 Å². The van der Waals surface area contributed by atoms with E-state index in [9.17, 15) is 55.5 Å². The summed E-state index contributed by atoms with van der Waals surface area (Å²) in [5, 5.41) is 105. The highest BCUT2D eigenvalue weighted by atomic mass is 79.9. The predicted octanol–water partition coefficient (Wildman–Crippen LogP) is -2.70. The first-order valence-electron chi connectivity index (χ1n) is 11.1. The number of benzene rings is 2. The number of likely N-dealkylation sites (N-methyl/N-ethyl adjacent to an activating group) is 1. The number of rotatable bonds is 7. The third-order valence-corrected chi connectivity index (χ3v) is 6.49. The minimum absolute atomic E-state index is 0.0479. The first-order chi connectivity index (χ1) is 18.3. The molecule has 4 rings (SSSR count). The van der Waals surface area contributed by atoms with Crippen LogP contribution in [0.4, 0.5) is 15.9 Å².